The lowest BCUT2D eigenvalue weighted by Crippen LogP contribution is -2.28. The fourth-order valence-corrected chi connectivity index (χ4v) is 3.58. The molecule has 0 radical (unpaired) electrons. The topological polar surface area (TPSA) is 24.5 Å². The van der Waals surface area contributed by atoms with Crippen molar-refractivity contribution in [2.45, 2.75) is 45.3 Å². The summed E-state index contributed by atoms with van der Waals surface area (Å²) in [6.07, 6.45) is 5.49. The van der Waals surface area contributed by atoms with Crippen LogP contribution in [0.15, 0.2) is 24.3 Å². The smallest absolute Gasteiger partial charge is 0.0613 e. The maximum Gasteiger partial charge on any atom is 0.0613 e. The van der Waals surface area contributed by atoms with E-state index < -0.39 is 0 Å². The summed E-state index contributed by atoms with van der Waals surface area (Å²) in [5, 5.41) is 3.60. The average molecular weight is 288 g/mol. The van der Waals surface area contributed by atoms with Crippen LogP contribution in [-0.4, -0.2) is 32.3 Å². The van der Waals surface area contributed by atoms with Gasteiger partial charge in [-0.1, -0.05) is 19.1 Å². The highest BCUT2D eigenvalue weighted by atomic mass is 16.5. The zero-order valence-corrected chi connectivity index (χ0v) is 13.2. The Hall–Kier alpha value is -1.06. The van der Waals surface area contributed by atoms with Gasteiger partial charge >= 0.3 is 0 Å². The van der Waals surface area contributed by atoms with E-state index in [9.17, 15) is 0 Å². The summed E-state index contributed by atoms with van der Waals surface area (Å²) >= 11 is 0. The van der Waals surface area contributed by atoms with E-state index in [0.29, 0.717) is 12.0 Å². The summed E-state index contributed by atoms with van der Waals surface area (Å²) < 4.78 is 5.74. The summed E-state index contributed by atoms with van der Waals surface area (Å²) in [5.74, 6) is 0.693. The number of nitrogens with zero attached hydrogens (tertiary/aromatic N) is 1. The molecule has 1 N–H and O–H groups in total. The van der Waals surface area contributed by atoms with Gasteiger partial charge in [0.25, 0.3) is 0 Å². The Morgan fingerprint density at radius 3 is 2.67 bits per heavy atom. The summed E-state index contributed by atoms with van der Waals surface area (Å²) in [6.45, 7) is 7.64. The molecule has 0 spiro atoms. The van der Waals surface area contributed by atoms with Crippen molar-refractivity contribution in [2.24, 2.45) is 5.92 Å². The van der Waals surface area contributed by atoms with Gasteiger partial charge in [0, 0.05) is 38.5 Å². The van der Waals surface area contributed by atoms with Crippen molar-refractivity contribution in [3.8, 4) is 0 Å². The maximum atomic E-state index is 5.74. The summed E-state index contributed by atoms with van der Waals surface area (Å²) in [7, 11) is 0. The van der Waals surface area contributed by atoms with E-state index in [4.69, 9.17) is 4.74 Å². The monoisotopic (exact) mass is 288 g/mol. The van der Waals surface area contributed by atoms with Gasteiger partial charge in [-0.3, -0.25) is 0 Å². The fourth-order valence-electron chi connectivity index (χ4n) is 3.58. The van der Waals surface area contributed by atoms with E-state index in [0.717, 1.165) is 26.1 Å². The first kappa shape index (κ1) is 14.9. The molecule has 3 nitrogen and oxygen atoms in total. The van der Waals surface area contributed by atoms with Crippen LogP contribution in [0.5, 0.6) is 0 Å². The van der Waals surface area contributed by atoms with Crippen LogP contribution in [0.1, 0.15) is 38.2 Å². The molecule has 3 rings (SSSR count). The number of rotatable bonds is 6. The van der Waals surface area contributed by atoms with Gasteiger partial charge in [-0.15, -0.1) is 0 Å². The van der Waals surface area contributed by atoms with Crippen LogP contribution in [-0.2, 0) is 11.3 Å². The van der Waals surface area contributed by atoms with Gasteiger partial charge in [-0.05, 0) is 49.3 Å². The van der Waals surface area contributed by atoms with Crippen LogP contribution in [0.3, 0.4) is 0 Å². The Kier molecular flexibility index (Phi) is 5.15. The minimum Gasteiger partial charge on any atom is -0.378 e. The van der Waals surface area contributed by atoms with E-state index in [-0.39, 0.29) is 0 Å². The molecule has 2 aliphatic rings. The van der Waals surface area contributed by atoms with E-state index >= 15 is 0 Å². The fraction of sp³-hybridized carbons (Fsp3) is 0.667. The van der Waals surface area contributed by atoms with E-state index in [1.165, 1.54) is 43.6 Å². The Bertz CT molecular complexity index is 425. The molecule has 2 fully saturated rings. The first-order valence-electron chi connectivity index (χ1n) is 8.53. The number of anilines is 1. The minimum absolute atomic E-state index is 0.468. The molecule has 1 aromatic rings. The molecule has 2 aliphatic heterocycles. The summed E-state index contributed by atoms with van der Waals surface area (Å²) in [5.41, 5.74) is 2.76. The lowest BCUT2D eigenvalue weighted by Gasteiger charge is -2.19. The lowest BCUT2D eigenvalue weighted by molar-refractivity contribution is 0.0872. The standard InChI is InChI=1S/C18H28N2O/c1-2-18-16(9-12-21-18)14-19-13-15-5-7-17(8-6-15)20-10-3-4-11-20/h5-8,16,18-19H,2-4,9-14H2,1H3. The highest BCUT2D eigenvalue weighted by Crippen LogP contribution is 2.23. The van der Waals surface area contributed by atoms with Crippen LogP contribution < -0.4 is 10.2 Å². The molecular weight excluding hydrogens is 260 g/mol. The molecule has 0 aromatic heterocycles. The second-order valence-corrected chi connectivity index (χ2v) is 6.36. The molecule has 21 heavy (non-hydrogen) atoms. The van der Waals surface area contributed by atoms with Gasteiger partial charge in [0.15, 0.2) is 0 Å². The third-order valence-corrected chi connectivity index (χ3v) is 4.89. The number of hydrogen-bond acceptors (Lipinski definition) is 3. The molecular formula is C18H28N2O. The van der Waals surface area contributed by atoms with Crippen LogP contribution in [0.25, 0.3) is 0 Å². The van der Waals surface area contributed by atoms with E-state index in [2.05, 4.69) is 41.4 Å². The highest BCUT2D eigenvalue weighted by molar-refractivity contribution is 5.48. The average Bonchev–Trinajstić information content (AvgIpc) is 3.19. The number of nitrogens with one attached hydrogen (secondary N) is 1. The quantitative estimate of drug-likeness (QED) is 0.870. The van der Waals surface area contributed by atoms with E-state index in [1.54, 1.807) is 0 Å². The third kappa shape index (κ3) is 3.78. The predicted octanol–water partition coefficient (Wildman–Crippen LogP) is 3.19. The molecule has 3 heteroatoms. The van der Waals surface area contributed by atoms with Crippen LogP contribution in [0.4, 0.5) is 5.69 Å². The summed E-state index contributed by atoms with van der Waals surface area (Å²) in [6, 6.07) is 9.08. The van der Waals surface area contributed by atoms with Crippen molar-refractivity contribution in [1.29, 1.82) is 0 Å². The molecule has 116 valence electrons. The molecule has 2 saturated heterocycles. The maximum absolute atomic E-state index is 5.74. The van der Waals surface area contributed by atoms with Gasteiger partial charge in [0.1, 0.15) is 0 Å². The largest absolute Gasteiger partial charge is 0.378 e. The Morgan fingerprint density at radius 2 is 1.95 bits per heavy atom. The van der Waals surface area contributed by atoms with Crippen molar-refractivity contribution in [1.82, 2.24) is 5.32 Å². The lowest BCUT2D eigenvalue weighted by atomic mass is 9.99. The predicted molar refractivity (Wildman–Crippen MR) is 87.7 cm³/mol. The van der Waals surface area contributed by atoms with Gasteiger partial charge in [0.2, 0.25) is 0 Å². The molecule has 2 heterocycles. The SMILES string of the molecule is CCC1OCCC1CNCc1ccc(N2CCCC2)cc1. The molecule has 1 aromatic carbocycles. The molecule has 0 aliphatic carbocycles. The Morgan fingerprint density at radius 1 is 1.19 bits per heavy atom. The minimum atomic E-state index is 0.468. The second-order valence-electron chi connectivity index (χ2n) is 6.36. The first-order chi connectivity index (χ1) is 10.4. The third-order valence-electron chi connectivity index (χ3n) is 4.89. The highest BCUT2D eigenvalue weighted by Gasteiger charge is 2.25. The zero-order chi connectivity index (χ0) is 14.5. The number of ether oxygens (including phenoxy) is 1. The molecule has 2 atom stereocenters. The Labute approximate surface area is 128 Å². The van der Waals surface area contributed by atoms with Crippen LogP contribution in [0, 0.1) is 5.92 Å². The van der Waals surface area contributed by atoms with Crippen molar-refractivity contribution in [3.63, 3.8) is 0 Å². The van der Waals surface area contributed by atoms with Gasteiger partial charge in [0.05, 0.1) is 6.10 Å². The molecule has 2 unspecified atom stereocenters. The number of hydrogen-bond donors (Lipinski definition) is 1. The second kappa shape index (κ2) is 7.28. The van der Waals surface area contributed by atoms with Crippen LogP contribution >= 0.6 is 0 Å². The summed E-state index contributed by atoms with van der Waals surface area (Å²) in [4.78, 5) is 2.49. The number of benzene rings is 1. The van der Waals surface area contributed by atoms with Crippen molar-refractivity contribution in [2.75, 3.05) is 31.1 Å². The van der Waals surface area contributed by atoms with Gasteiger partial charge in [-0.25, -0.2) is 0 Å². The normalized spacial score (nSPS) is 25.7. The van der Waals surface area contributed by atoms with Crippen molar-refractivity contribution in [3.05, 3.63) is 29.8 Å². The van der Waals surface area contributed by atoms with Crippen molar-refractivity contribution < 1.29 is 4.74 Å². The molecule has 0 saturated carbocycles. The van der Waals surface area contributed by atoms with Crippen molar-refractivity contribution >= 4 is 5.69 Å². The van der Waals surface area contributed by atoms with Gasteiger partial charge in [-0.2, -0.15) is 0 Å². The Balaban J connectivity index is 1.45. The zero-order valence-electron chi connectivity index (χ0n) is 13.2. The van der Waals surface area contributed by atoms with Crippen LogP contribution in [0.2, 0.25) is 0 Å². The molecule has 0 amide bonds. The van der Waals surface area contributed by atoms with Gasteiger partial charge < -0.3 is 15.0 Å². The molecule has 0 bridgehead atoms. The first-order valence-corrected chi connectivity index (χ1v) is 8.53. The van der Waals surface area contributed by atoms with E-state index in [1.807, 2.05) is 0 Å².